The maximum absolute atomic E-state index is 12.7. The van der Waals surface area contributed by atoms with Gasteiger partial charge in [-0.1, -0.05) is 38.8 Å². The van der Waals surface area contributed by atoms with Crippen LogP contribution in [0.5, 0.6) is 0 Å². The molecule has 0 aliphatic heterocycles. The molecule has 1 amide bonds. The molecule has 1 fully saturated rings. The second kappa shape index (κ2) is 10.1. The highest BCUT2D eigenvalue weighted by Crippen LogP contribution is 2.29. The number of ether oxygens (including phenoxy) is 1. The van der Waals surface area contributed by atoms with Crippen molar-refractivity contribution in [3.05, 3.63) is 52.8 Å². The fourth-order valence-corrected chi connectivity index (χ4v) is 4.98. The number of nitrogens with one attached hydrogen (secondary N) is 1. The van der Waals surface area contributed by atoms with Crippen molar-refractivity contribution in [1.82, 2.24) is 9.88 Å². The normalized spacial score (nSPS) is 20.9. The molecule has 3 atom stereocenters. The molecule has 33 heavy (non-hydrogen) atoms. The molecule has 0 unspecified atom stereocenters. The molecule has 3 rings (SSSR count). The summed E-state index contributed by atoms with van der Waals surface area (Å²) in [6, 6.07) is 8.15. The van der Waals surface area contributed by atoms with Crippen molar-refractivity contribution in [3.8, 4) is 0 Å². The van der Waals surface area contributed by atoms with Gasteiger partial charge in [-0.2, -0.15) is 0 Å². The first-order chi connectivity index (χ1) is 15.5. The minimum Gasteiger partial charge on any atom is -0.452 e. The summed E-state index contributed by atoms with van der Waals surface area (Å²) in [6.07, 6.45) is 3.21. The van der Waals surface area contributed by atoms with Crippen LogP contribution in [0.2, 0.25) is 0 Å². The van der Waals surface area contributed by atoms with Gasteiger partial charge in [0.25, 0.3) is 5.91 Å². The van der Waals surface area contributed by atoms with Gasteiger partial charge in [-0.3, -0.25) is 4.79 Å². The summed E-state index contributed by atoms with van der Waals surface area (Å²) in [6.45, 7) is 8.18. The van der Waals surface area contributed by atoms with Crippen LogP contribution >= 0.6 is 0 Å². The Balaban J connectivity index is 1.61. The second-order valence-corrected chi connectivity index (χ2v) is 10.6. The maximum Gasteiger partial charge on any atom is 0.340 e. The molecular weight excluding hydrogens is 442 g/mol. The third-order valence-corrected chi connectivity index (χ3v) is 7.70. The fraction of sp³-hybridized carbons (Fsp3) is 0.500. The van der Waals surface area contributed by atoms with E-state index in [1.54, 1.807) is 18.2 Å². The van der Waals surface area contributed by atoms with Gasteiger partial charge >= 0.3 is 5.97 Å². The molecule has 1 aliphatic rings. The molecule has 1 heterocycles. The van der Waals surface area contributed by atoms with Crippen molar-refractivity contribution in [2.75, 3.05) is 6.61 Å². The minimum atomic E-state index is -3.75. The molecule has 9 heteroatoms. The number of aryl methyl sites for hydroxylation is 1. The standard InChI is InChI=1S/C24H33N3O5S/c1-15-6-5-7-22(17(15)3)26-23(28)14-32-24(29)21-12-16(2)27(18(21)4)13-19-8-10-20(11-9-19)33(25,30)31/h8-12,15,17,22H,5-7,13-14H2,1-4H3,(H,26,28)(H2,25,30,31)/t15-,17+,22-/m1/s1. The first kappa shape index (κ1) is 25.0. The topological polar surface area (TPSA) is 120 Å². The van der Waals surface area contributed by atoms with Crippen LogP contribution in [0, 0.1) is 25.7 Å². The average Bonchev–Trinajstić information content (AvgIpc) is 3.03. The number of rotatable bonds is 7. The zero-order chi connectivity index (χ0) is 24.3. The third kappa shape index (κ3) is 6.03. The number of primary sulfonamides is 1. The van der Waals surface area contributed by atoms with Crippen LogP contribution in [0.25, 0.3) is 0 Å². The lowest BCUT2D eigenvalue weighted by Gasteiger charge is -2.34. The van der Waals surface area contributed by atoms with Gasteiger partial charge in [0.1, 0.15) is 0 Å². The molecular formula is C24H33N3O5S. The first-order valence-corrected chi connectivity index (χ1v) is 12.8. The smallest absolute Gasteiger partial charge is 0.340 e. The van der Waals surface area contributed by atoms with Gasteiger partial charge < -0.3 is 14.6 Å². The zero-order valence-electron chi connectivity index (χ0n) is 19.6. The van der Waals surface area contributed by atoms with E-state index in [0.29, 0.717) is 29.6 Å². The number of esters is 1. The number of carbonyl (C=O) groups is 2. The Kier molecular flexibility index (Phi) is 7.64. The summed E-state index contributed by atoms with van der Waals surface area (Å²) >= 11 is 0. The third-order valence-electron chi connectivity index (χ3n) is 6.77. The van der Waals surface area contributed by atoms with Gasteiger partial charge in [0.05, 0.1) is 10.5 Å². The van der Waals surface area contributed by atoms with Gasteiger partial charge in [0.15, 0.2) is 6.61 Å². The number of carbonyl (C=O) groups excluding carboxylic acids is 2. The number of nitrogens with two attached hydrogens (primary N) is 1. The maximum atomic E-state index is 12.7. The summed E-state index contributed by atoms with van der Waals surface area (Å²) in [5, 5.41) is 8.16. The SMILES string of the molecule is Cc1cc(C(=O)OCC(=O)N[C@@H]2CCC[C@@H](C)[C@@H]2C)c(C)n1Cc1ccc(S(N)(=O)=O)cc1. The van der Waals surface area contributed by atoms with E-state index in [2.05, 4.69) is 19.2 Å². The van der Waals surface area contributed by atoms with Gasteiger partial charge in [0, 0.05) is 24.0 Å². The Morgan fingerprint density at radius 3 is 2.45 bits per heavy atom. The first-order valence-electron chi connectivity index (χ1n) is 11.2. The van der Waals surface area contributed by atoms with Crippen LogP contribution in [-0.4, -0.2) is 37.5 Å². The van der Waals surface area contributed by atoms with Gasteiger partial charge in [-0.25, -0.2) is 18.4 Å². The molecule has 8 nitrogen and oxygen atoms in total. The van der Waals surface area contributed by atoms with E-state index in [-0.39, 0.29) is 23.5 Å². The molecule has 1 aromatic heterocycles. The highest BCUT2D eigenvalue weighted by atomic mass is 32.2. The summed E-state index contributed by atoms with van der Waals surface area (Å²) in [5.41, 5.74) is 2.83. The average molecular weight is 476 g/mol. The number of hydrogen-bond acceptors (Lipinski definition) is 5. The molecule has 1 aromatic carbocycles. The molecule has 0 bridgehead atoms. The van der Waals surface area contributed by atoms with Crippen LogP contribution in [-0.2, 0) is 26.1 Å². The van der Waals surface area contributed by atoms with Crippen molar-refractivity contribution in [3.63, 3.8) is 0 Å². The number of hydrogen-bond donors (Lipinski definition) is 2. The van der Waals surface area contributed by atoms with E-state index in [1.165, 1.54) is 18.6 Å². The number of amides is 1. The van der Waals surface area contributed by atoms with Crippen molar-refractivity contribution >= 4 is 21.9 Å². The molecule has 0 saturated heterocycles. The van der Waals surface area contributed by atoms with E-state index in [4.69, 9.17) is 9.88 Å². The van der Waals surface area contributed by atoms with E-state index in [9.17, 15) is 18.0 Å². The lowest BCUT2D eigenvalue weighted by Crippen LogP contribution is -2.45. The van der Waals surface area contributed by atoms with E-state index in [1.807, 2.05) is 18.4 Å². The van der Waals surface area contributed by atoms with Gasteiger partial charge in [-0.15, -0.1) is 0 Å². The van der Waals surface area contributed by atoms with Crippen LogP contribution in [0.15, 0.2) is 35.2 Å². The molecule has 3 N–H and O–H groups in total. The predicted octanol–water partition coefficient (Wildman–Crippen LogP) is 2.90. The minimum absolute atomic E-state index is 0.0480. The summed E-state index contributed by atoms with van der Waals surface area (Å²) in [7, 11) is -3.75. The highest BCUT2D eigenvalue weighted by molar-refractivity contribution is 7.89. The Morgan fingerprint density at radius 1 is 1.15 bits per heavy atom. The van der Waals surface area contributed by atoms with Crippen LogP contribution in [0.1, 0.15) is 60.4 Å². The molecule has 2 aromatic rings. The van der Waals surface area contributed by atoms with Crippen molar-refractivity contribution in [2.24, 2.45) is 17.0 Å². The summed E-state index contributed by atoms with van der Waals surface area (Å²) in [4.78, 5) is 25.1. The number of nitrogens with zero attached hydrogens (tertiary/aromatic N) is 1. The zero-order valence-corrected chi connectivity index (χ0v) is 20.4. The van der Waals surface area contributed by atoms with Crippen molar-refractivity contribution in [2.45, 2.75) is 64.4 Å². The van der Waals surface area contributed by atoms with E-state index < -0.39 is 16.0 Å². The van der Waals surface area contributed by atoms with Gasteiger partial charge in [0.2, 0.25) is 10.0 Å². The molecule has 0 radical (unpaired) electrons. The van der Waals surface area contributed by atoms with Crippen LogP contribution in [0.4, 0.5) is 0 Å². The van der Waals surface area contributed by atoms with Crippen molar-refractivity contribution < 1.29 is 22.7 Å². The predicted molar refractivity (Wildman–Crippen MR) is 125 cm³/mol. The Hall–Kier alpha value is -2.65. The summed E-state index contributed by atoms with van der Waals surface area (Å²) < 4.78 is 30.1. The van der Waals surface area contributed by atoms with Crippen molar-refractivity contribution in [1.29, 1.82) is 0 Å². The number of sulfonamides is 1. The summed E-state index contributed by atoms with van der Waals surface area (Å²) in [5.74, 6) is 0.140. The largest absolute Gasteiger partial charge is 0.452 e. The van der Waals surface area contributed by atoms with E-state index in [0.717, 1.165) is 24.1 Å². The van der Waals surface area contributed by atoms with Crippen LogP contribution in [0.3, 0.4) is 0 Å². The van der Waals surface area contributed by atoms with E-state index >= 15 is 0 Å². The Labute approximate surface area is 195 Å². The molecule has 180 valence electrons. The molecule has 0 spiro atoms. The quantitative estimate of drug-likeness (QED) is 0.597. The number of benzene rings is 1. The lowest BCUT2D eigenvalue weighted by molar-refractivity contribution is -0.125. The fourth-order valence-electron chi connectivity index (χ4n) is 4.46. The Bertz CT molecular complexity index is 1120. The van der Waals surface area contributed by atoms with Gasteiger partial charge in [-0.05, 0) is 55.9 Å². The number of aromatic nitrogens is 1. The highest BCUT2D eigenvalue weighted by Gasteiger charge is 2.28. The second-order valence-electron chi connectivity index (χ2n) is 9.08. The Morgan fingerprint density at radius 2 is 1.82 bits per heavy atom. The molecule has 1 aliphatic carbocycles. The lowest BCUT2D eigenvalue weighted by atomic mass is 9.78. The molecule has 1 saturated carbocycles. The van der Waals surface area contributed by atoms with Crippen LogP contribution < -0.4 is 10.5 Å². The monoisotopic (exact) mass is 475 g/mol.